The zero-order valence-corrected chi connectivity index (χ0v) is 13.3. The van der Waals surface area contributed by atoms with Gasteiger partial charge in [-0.3, -0.25) is 9.89 Å². The van der Waals surface area contributed by atoms with E-state index in [0.717, 1.165) is 63.7 Å². The van der Waals surface area contributed by atoms with E-state index in [2.05, 4.69) is 10.2 Å². The molecule has 1 atom stereocenters. The first-order valence-corrected chi connectivity index (χ1v) is 8.63. The predicted octanol–water partition coefficient (Wildman–Crippen LogP) is 2.28. The summed E-state index contributed by atoms with van der Waals surface area (Å²) >= 11 is 0. The SMILES string of the molecule is O=C(CC1(O)CCCCC1)N1CCC[C@H](Cc2ccn[nH]2)C1. The molecule has 0 bridgehead atoms. The van der Waals surface area contributed by atoms with Crippen molar-refractivity contribution in [3.8, 4) is 0 Å². The molecule has 2 aliphatic rings. The van der Waals surface area contributed by atoms with E-state index in [1.54, 1.807) is 6.20 Å². The molecule has 0 spiro atoms. The fourth-order valence-electron chi connectivity index (χ4n) is 3.95. The predicted molar refractivity (Wildman–Crippen MR) is 84.2 cm³/mol. The van der Waals surface area contributed by atoms with Crippen LogP contribution in [-0.4, -0.2) is 44.8 Å². The molecule has 2 fully saturated rings. The van der Waals surface area contributed by atoms with Gasteiger partial charge in [-0.05, 0) is 44.1 Å². The van der Waals surface area contributed by atoms with Gasteiger partial charge in [0, 0.05) is 25.0 Å². The maximum atomic E-state index is 12.6. The van der Waals surface area contributed by atoms with Crippen molar-refractivity contribution in [2.24, 2.45) is 5.92 Å². The molecule has 5 heteroatoms. The number of amides is 1. The largest absolute Gasteiger partial charge is 0.389 e. The second kappa shape index (κ2) is 6.82. The maximum absolute atomic E-state index is 12.6. The second-order valence-corrected chi connectivity index (χ2v) is 7.10. The minimum absolute atomic E-state index is 0.138. The summed E-state index contributed by atoms with van der Waals surface area (Å²) in [6.45, 7) is 1.66. The Hall–Kier alpha value is -1.36. The minimum atomic E-state index is -0.744. The zero-order valence-electron chi connectivity index (χ0n) is 13.3. The number of nitrogens with zero attached hydrogens (tertiary/aromatic N) is 2. The molecule has 1 saturated carbocycles. The van der Waals surface area contributed by atoms with Gasteiger partial charge in [0.2, 0.25) is 5.91 Å². The molecule has 3 rings (SSSR count). The summed E-state index contributed by atoms with van der Waals surface area (Å²) in [4.78, 5) is 14.5. The van der Waals surface area contributed by atoms with Crippen molar-refractivity contribution in [2.45, 2.75) is 63.4 Å². The summed E-state index contributed by atoms with van der Waals surface area (Å²) in [5.74, 6) is 0.637. The van der Waals surface area contributed by atoms with Gasteiger partial charge in [-0.25, -0.2) is 0 Å². The van der Waals surface area contributed by atoms with E-state index >= 15 is 0 Å². The quantitative estimate of drug-likeness (QED) is 0.896. The number of nitrogens with one attached hydrogen (secondary N) is 1. The summed E-state index contributed by atoms with van der Waals surface area (Å²) in [6, 6.07) is 2.01. The Labute approximate surface area is 132 Å². The smallest absolute Gasteiger partial charge is 0.225 e. The first-order valence-electron chi connectivity index (χ1n) is 8.63. The topological polar surface area (TPSA) is 69.2 Å². The summed E-state index contributed by atoms with van der Waals surface area (Å²) in [6.07, 6.45) is 10.1. The minimum Gasteiger partial charge on any atom is -0.389 e. The lowest BCUT2D eigenvalue weighted by molar-refractivity contribution is -0.139. The van der Waals surface area contributed by atoms with Crippen LogP contribution in [0.1, 0.15) is 57.1 Å². The number of likely N-dealkylation sites (tertiary alicyclic amines) is 1. The highest BCUT2D eigenvalue weighted by Gasteiger charge is 2.34. The molecule has 5 nitrogen and oxygen atoms in total. The van der Waals surface area contributed by atoms with Crippen LogP contribution in [0.3, 0.4) is 0 Å². The number of aliphatic hydroxyl groups is 1. The van der Waals surface area contributed by atoms with Gasteiger partial charge in [-0.2, -0.15) is 5.10 Å². The highest BCUT2D eigenvalue weighted by molar-refractivity contribution is 5.77. The summed E-state index contributed by atoms with van der Waals surface area (Å²) in [5, 5.41) is 17.6. The number of hydrogen-bond acceptors (Lipinski definition) is 3. The van der Waals surface area contributed by atoms with E-state index in [1.807, 2.05) is 11.0 Å². The van der Waals surface area contributed by atoms with E-state index in [1.165, 1.54) is 6.42 Å². The Morgan fingerprint density at radius 1 is 1.36 bits per heavy atom. The van der Waals surface area contributed by atoms with Gasteiger partial charge in [0.15, 0.2) is 0 Å². The van der Waals surface area contributed by atoms with Crippen molar-refractivity contribution in [3.05, 3.63) is 18.0 Å². The number of aromatic nitrogens is 2. The monoisotopic (exact) mass is 305 g/mol. The summed E-state index contributed by atoms with van der Waals surface area (Å²) in [5.41, 5.74) is 0.399. The molecule has 0 unspecified atom stereocenters. The van der Waals surface area contributed by atoms with E-state index in [9.17, 15) is 9.90 Å². The molecular weight excluding hydrogens is 278 g/mol. The fourth-order valence-corrected chi connectivity index (χ4v) is 3.95. The first kappa shape index (κ1) is 15.5. The molecule has 22 heavy (non-hydrogen) atoms. The van der Waals surface area contributed by atoms with Gasteiger partial charge in [0.25, 0.3) is 0 Å². The van der Waals surface area contributed by atoms with Crippen LogP contribution in [0.4, 0.5) is 0 Å². The zero-order chi connectivity index (χ0) is 15.4. The third kappa shape index (κ3) is 3.88. The number of rotatable bonds is 4. The number of H-pyrrole nitrogens is 1. The number of carbonyl (C=O) groups is 1. The molecule has 122 valence electrons. The van der Waals surface area contributed by atoms with E-state index in [4.69, 9.17) is 0 Å². The van der Waals surface area contributed by atoms with Gasteiger partial charge >= 0.3 is 0 Å². The van der Waals surface area contributed by atoms with Crippen LogP contribution in [0.25, 0.3) is 0 Å². The highest BCUT2D eigenvalue weighted by atomic mass is 16.3. The van der Waals surface area contributed by atoms with Crippen LogP contribution in [0.2, 0.25) is 0 Å². The van der Waals surface area contributed by atoms with Gasteiger partial charge in [0.05, 0.1) is 12.0 Å². The Morgan fingerprint density at radius 3 is 2.91 bits per heavy atom. The Balaban J connectivity index is 1.53. The molecule has 1 aliphatic heterocycles. The molecule has 0 aromatic carbocycles. The Bertz CT molecular complexity index is 480. The lowest BCUT2D eigenvalue weighted by Crippen LogP contribution is -2.45. The second-order valence-electron chi connectivity index (χ2n) is 7.10. The summed E-state index contributed by atoms with van der Waals surface area (Å²) < 4.78 is 0. The van der Waals surface area contributed by atoms with Crippen LogP contribution in [0.15, 0.2) is 12.3 Å². The van der Waals surface area contributed by atoms with Gasteiger partial charge in [0.1, 0.15) is 0 Å². The molecule has 1 amide bonds. The Morgan fingerprint density at radius 2 is 2.18 bits per heavy atom. The van der Waals surface area contributed by atoms with Crippen molar-refractivity contribution in [1.29, 1.82) is 0 Å². The molecule has 1 aliphatic carbocycles. The van der Waals surface area contributed by atoms with E-state index in [0.29, 0.717) is 12.3 Å². The normalized spacial score (nSPS) is 25.1. The van der Waals surface area contributed by atoms with Gasteiger partial charge in [-0.1, -0.05) is 19.3 Å². The standard InChI is InChI=1S/C17H27N3O2/c21-16(12-17(22)7-2-1-3-8-17)20-10-4-5-14(13-20)11-15-6-9-18-19-15/h6,9,14,22H,1-5,7-8,10-13H2,(H,18,19)/t14-/m1/s1. The molecule has 2 N–H and O–H groups in total. The molecule has 2 heterocycles. The number of carbonyl (C=O) groups excluding carboxylic acids is 1. The molecule has 1 saturated heterocycles. The third-order valence-electron chi connectivity index (χ3n) is 5.20. The lowest BCUT2D eigenvalue weighted by atomic mass is 9.82. The van der Waals surface area contributed by atoms with E-state index in [-0.39, 0.29) is 5.91 Å². The van der Waals surface area contributed by atoms with Crippen molar-refractivity contribution in [3.63, 3.8) is 0 Å². The van der Waals surface area contributed by atoms with Gasteiger partial charge < -0.3 is 10.0 Å². The van der Waals surface area contributed by atoms with Gasteiger partial charge in [-0.15, -0.1) is 0 Å². The molecule has 1 aromatic heterocycles. The third-order valence-corrected chi connectivity index (χ3v) is 5.20. The average molecular weight is 305 g/mol. The Kier molecular flexibility index (Phi) is 4.81. The van der Waals surface area contributed by atoms with Crippen LogP contribution in [-0.2, 0) is 11.2 Å². The fraction of sp³-hybridized carbons (Fsp3) is 0.765. The van der Waals surface area contributed by atoms with Crippen molar-refractivity contribution in [1.82, 2.24) is 15.1 Å². The van der Waals surface area contributed by atoms with Crippen LogP contribution in [0.5, 0.6) is 0 Å². The number of piperidine rings is 1. The van der Waals surface area contributed by atoms with Crippen LogP contribution in [0, 0.1) is 5.92 Å². The average Bonchev–Trinajstić information content (AvgIpc) is 3.01. The van der Waals surface area contributed by atoms with Crippen LogP contribution < -0.4 is 0 Å². The molecule has 1 aromatic rings. The van der Waals surface area contributed by atoms with Crippen LogP contribution >= 0.6 is 0 Å². The summed E-state index contributed by atoms with van der Waals surface area (Å²) in [7, 11) is 0. The number of hydrogen-bond donors (Lipinski definition) is 2. The molecular formula is C17H27N3O2. The van der Waals surface area contributed by atoms with Crippen molar-refractivity contribution < 1.29 is 9.90 Å². The highest BCUT2D eigenvalue weighted by Crippen LogP contribution is 2.32. The number of aromatic amines is 1. The van der Waals surface area contributed by atoms with Crippen molar-refractivity contribution >= 4 is 5.91 Å². The van der Waals surface area contributed by atoms with E-state index < -0.39 is 5.60 Å². The molecule has 0 radical (unpaired) electrons. The lowest BCUT2D eigenvalue weighted by Gasteiger charge is -2.37. The van der Waals surface area contributed by atoms with Crippen molar-refractivity contribution in [2.75, 3.05) is 13.1 Å². The maximum Gasteiger partial charge on any atom is 0.225 e. The first-order chi connectivity index (χ1) is 10.6.